The zero-order valence-electron chi connectivity index (χ0n) is 21.1. The monoisotopic (exact) mass is 513 g/mol. The lowest BCUT2D eigenvalue weighted by atomic mass is 9.89. The van der Waals surface area contributed by atoms with Gasteiger partial charge in [-0.1, -0.05) is 48.8 Å². The first-order chi connectivity index (χ1) is 17.0. The predicted octanol–water partition coefficient (Wildman–Crippen LogP) is 6.73. The van der Waals surface area contributed by atoms with Gasteiger partial charge in [0.1, 0.15) is 5.76 Å². The zero-order chi connectivity index (χ0) is 26.0. The summed E-state index contributed by atoms with van der Waals surface area (Å²) < 4.78 is 11.3. The van der Waals surface area contributed by atoms with Crippen LogP contribution in [0.3, 0.4) is 0 Å². The maximum Gasteiger partial charge on any atom is 0.303 e. The predicted molar refractivity (Wildman–Crippen MR) is 136 cm³/mol. The van der Waals surface area contributed by atoms with Crippen LogP contribution in [0.1, 0.15) is 87.3 Å². The van der Waals surface area contributed by atoms with Crippen LogP contribution in [0.15, 0.2) is 33.3 Å². The average Bonchev–Trinajstić information content (AvgIpc) is 3.35. The van der Waals surface area contributed by atoms with Crippen molar-refractivity contribution in [3.8, 4) is 11.5 Å². The summed E-state index contributed by atoms with van der Waals surface area (Å²) in [4.78, 5) is 24.4. The third-order valence-corrected chi connectivity index (χ3v) is 6.47. The minimum absolute atomic E-state index is 0.0400. The maximum atomic E-state index is 13.0. The van der Waals surface area contributed by atoms with Crippen LogP contribution >= 0.6 is 11.6 Å². The molecule has 1 aliphatic carbocycles. The summed E-state index contributed by atoms with van der Waals surface area (Å²) >= 11 is 6.28. The molecule has 2 aromatic heterocycles. The van der Waals surface area contributed by atoms with Gasteiger partial charge < -0.3 is 19.5 Å². The molecule has 0 bridgehead atoms. The number of hydrogen-bond acceptors (Lipinski definition) is 6. The Balaban J connectivity index is 1.60. The minimum Gasteiger partial charge on any atom is -0.481 e. The maximum absolute atomic E-state index is 13.0. The van der Waals surface area contributed by atoms with Crippen molar-refractivity contribution in [2.24, 2.45) is 5.41 Å². The number of carboxylic acid groups (broad SMARTS) is 1. The van der Waals surface area contributed by atoms with Crippen molar-refractivity contribution in [2.45, 2.75) is 78.1 Å². The van der Waals surface area contributed by atoms with Crippen LogP contribution in [0.4, 0.5) is 5.69 Å². The summed E-state index contributed by atoms with van der Waals surface area (Å²) in [7, 11) is 0. The normalized spacial score (nSPS) is 14.6. The van der Waals surface area contributed by atoms with Crippen molar-refractivity contribution >= 4 is 29.2 Å². The lowest BCUT2D eigenvalue weighted by molar-refractivity contribution is -0.137. The van der Waals surface area contributed by atoms with E-state index < -0.39 is 11.9 Å². The highest BCUT2D eigenvalue weighted by molar-refractivity contribution is 6.33. The molecule has 9 heteroatoms. The summed E-state index contributed by atoms with van der Waals surface area (Å²) in [5, 5.41) is 21.2. The Morgan fingerprint density at radius 1 is 1.19 bits per heavy atom. The Hall–Kier alpha value is -3.13. The molecule has 1 saturated carbocycles. The number of halogens is 1. The number of carbonyl (C=O) groups excluding carboxylic acids is 1. The van der Waals surface area contributed by atoms with Crippen LogP contribution in [0, 0.1) is 12.3 Å². The van der Waals surface area contributed by atoms with Crippen molar-refractivity contribution in [1.82, 2.24) is 10.3 Å². The molecule has 0 radical (unpaired) electrons. The van der Waals surface area contributed by atoms with Crippen LogP contribution < -0.4 is 5.32 Å². The standard InChI is InChI=1S/C27H32ClN3O5/c1-15-5-9-20(19(28)11-15)29-22(32)12-17(8-10-23(33)34)25-24(16-6-7-16)26(36-31-25)21-13-18(35-30-21)14-27(2,3)4/h5,9,11,13,16-17H,6-8,10,12,14H2,1-4H3,(H,29,32)(H,33,34)/t17-/m0/s1. The molecular formula is C27H32ClN3O5. The van der Waals surface area contributed by atoms with Crippen molar-refractivity contribution in [3.05, 3.63) is 51.9 Å². The molecule has 36 heavy (non-hydrogen) atoms. The Morgan fingerprint density at radius 2 is 1.94 bits per heavy atom. The van der Waals surface area contributed by atoms with Crippen molar-refractivity contribution in [3.63, 3.8) is 0 Å². The van der Waals surface area contributed by atoms with E-state index in [4.69, 9.17) is 20.6 Å². The molecular weight excluding hydrogens is 482 g/mol. The number of carboxylic acids is 1. The Bertz CT molecular complexity index is 1250. The first kappa shape index (κ1) is 25.9. The van der Waals surface area contributed by atoms with E-state index in [9.17, 15) is 14.7 Å². The van der Waals surface area contributed by atoms with E-state index in [1.54, 1.807) is 12.1 Å². The molecule has 0 aliphatic heterocycles. The Kier molecular flexibility index (Phi) is 7.54. The van der Waals surface area contributed by atoms with E-state index in [2.05, 4.69) is 36.4 Å². The van der Waals surface area contributed by atoms with Gasteiger partial charge in [0.15, 0.2) is 11.5 Å². The van der Waals surface area contributed by atoms with Gasteiger partial charge in [-0.25, -0.2) is 0 Å². The lowest BCUT2D eigenvalue weighted by Crippen LogP contribution is -2.17. The fourth-order valence-corrected chi connectivity index (χ4v) is 4.64. The zero-order valence-corrected chi connectivity index (χ0v) is 21.8. The molecule has 0 unspecified atom stereocenters. The quantitative estimate of drug-likeness (QED) is 0.308. The summed E-state index contributed by atoms with van der Waals surface area (Å²) in [5.41, 5.74) is 3.64. The molecule has 1 aliphatic rings. The van der Waals surface area contributed by atoms with Crippen LogP contribution in [-0.2, 0) is 16.0 Å². The van der Waals surface area contributed by atoms with Crippen molar-refractivity contribution in [2.75, 3.05) is 5.32 Å². The molecule has 2 N–H and O–H groups in total. The lowest BCUT2D eigenvalue weighted by Gasteiger charge is -2.16. The highest BCUT2D eigenvalue weighted by Crippen LogP contribution is 2.48. The van der Waals surface area contributed by atoms with Gasteiger partial charge in [0.2, 0.25) is 5.91 Å². The molecule has 2 heterocycles. The summed E-state index contributed by atoms with van der Waals surface area (Å²) in [6.07, 6.45) is 2.90. The van der Waals surface area contributed by atoms with Crippen molar-refractivity contribution < 1.29 is 23.7 Å². The smallest absolute Gasteiger partial charge is 0.303 e. The molecule has 1 atom stereocenters. The largest absolute Gasteiger partial charge is 0.481 e. The number of aliphatic carboxylic acids is 1. The molecule has 1 amide bonds. The Labute approximate surface area is 215 Å². The van der Waals surface area contributed by atoms with Gasteiger partial charge in [-0.05, 0) is 55.2 Å². The van der Waals surface area contributed by atoms with Crippen LogP contribution in [-0.4, -0.2) is 27.3 Å². The fourth-order valence-electron chi connectivity index (χ4n) is 4.36. The summed E-state index contributed by atoms with van der Waals surface area (Å²) in [5.74, 6) is -0.0867. The second-order valence-corrected chi connectivity index (χ2v) is 11.3. The molecule has 8 nitrogen and oxygen atoms in total. The number of nitrogens with zero attached hydrogens (tertiary/aromatic N) is 2. The van der Waals surface area contributed by atoms with Gasteiger partial charge in [-0.3, -0.25) is 9.59 Å². The van der Waals surface area contributed by atoms with E-state index >= 15 is 0 Å². The van der Waals surface area contributed by atoms with E-state index in [1.165, 1.54) is 0 Å². The third kappa shape index (κ3) is 6.55. The number of rotatable bonds is 10. The number of nitrogens with one attached hydrogen (secondary N) is 1. The molecule has 1 fully saturated rings. The van der Waals surface area contributed by atoms with Gasteiger partial charge in [0.05, 0.1) is 16.4 Å². The van der Waals surface area contributed by atoms with Gasteiger partial charge in [-0.15, -0.1) is 0 Å². The van der Waals surface area contributed by atoms with E-state index in [1.807, 2.05) is 19.1 Å². The highest BCUT2D eigenvalue weighted by Gasteiger charge is 2.37. The van der Waals surface area contributed by atoms with Crippen LogP contribution in [0.2, 0.25) is 5.02 Å². The summed E-state index contributed by atoms with van der Waals surface area (Å²) in [6.45, 7) is 8.29. The number of amides is 1. The van der Waals surface area contributed by atoms with E-state index in [0.717, 1.165) is 36.1 Å². The van der Waals surface area contributed by atoms with Gasteiger partial charge in [-0.2, -0.15) is 0 Å². The molecule has 3 aromatic rings. The first-order valence-corrected chi connectivity index (χ1v) is 12.6. The average molecular weight is 514 g/mol. The molecule has 4 rings (SSSR count). The van der Waals surface area contributed by atoms with Crippen LogP contribution in [0.5, 0.6) is 0 Å². The number of carbonyl (C=O) groups is 2. The first-order valence-electron chi connectivity index (χ1n) is 12.2. The second kappa shape index (κ2) is 10.5. The number of hydrogen-bond donors (Lipinski definition) is 2. The topological polar surface area (TPSA) is 118 Å². The van der Waals surface area contributed by atoms with E-state index in [0.29, 0.717) is 27.9 Å². The number of benzene rings is 1. The molecule has 1 aromatic carbocycles. The molecule has 192 valence electrons. The van der Waals surface area contributed by atoms with Crippen molar-refractivity contribution in [1.29, 1.82) is 0 Å². The molecule has 0 spiro atoms. The Morgan fingerprint density at radius 3 is 2.58 bits per heavy atom. The van der Waals surface area contributed by atoms with Gasteiger partial charge >= 0.3 is 5.97 Å². The van der Waals surface area contributed by atoms with Gasteiger partial charge in [0, 0.05) is 36.8 Å². The number of anilines is 1. The third-order valence-electron chi connectivity index (χ3n) is 6.16. The summed E-state index contributed by atoms with van der Waals surface area (Å²) in [6, 6.07) is 7.27. The highest BCUT2D eigenvalue weighted by atomic mass is 35.5. The number of aryl methyl sites for hydroxylation is 1. The van der Waals surface area contributed by atoms with Gasteiger partial charge in [0.25, 0.3) is 0 Å². The van der Waals surface area contributed by atoms with E-state index in [-0.39, 0.29) is 36.5 Å². The fraction of sp³-hybridized carbons (Fsp3) is 0.481. The second-order valence-electron chi connectivity index (χ2n) is 10.9. The SMILES string of the molecule is Cc1ccc(NC(=O)C[C@H](CCC(=O)O)c2noc(-c3cc(CC(C)(C)C)on3)c2C2CC2)c(Cl)c1. The minimum atomic E-state index is -0.929. The van der Waals surface area contributed by atoms with Crippen LogP contribution in [0.25, 0.3) is 11.5 Å². The number of aromatic nitrogens is 2. The molecule has 0 saturated heterocycles.